The largest absolute Gasteiger partial charge is 0.441 e. The van der Waals surface area contributed by atoms with E-state index < -0.39 is 5.60 Å². The summed E-state index contributed by atoms with van der Waals surface area (Å²) in [6.07, 6.45) is 5.71. The number of ether oxygens (including phenoxy) is 1. The fourth-order valence-corrected chi connectivity index (χ4v) is 4.28. The van der Waals surface area contributed by atoms with Gasteiger partial charge >= 0.3 is 6.09 Å². The number of amides is 2. The lowest BCUT2D eigenvalue weighted by Gasteiger charge is -2.37. The first-order valence-corrected chi connectivity index (χ1v) is 10.4. The molecular weight excluding hydrogens is 344 g/mol. The number of H-pyrrole nitrogens is 1. The van der Waals surface area contributed by atoms with Crippen LogP contribution in [-0.4, -0.2) is 63.8 Å². The van der Waals surface area contributed by atoms with E-state index in [0.717, 1.165) is 25.1 Å². The van der Waals surface area contributed by atoms with Crippen molar-refractivity contribution < 1.29 is 14.3 Å². The molecule has 1 aliphatic carbocycles. The summed E-state index contributed by atoms with van der Waals surface area (Å²) in [6.45, 7) is 6.97. The maximum absolute atomic E-state index is 12.7. The molecule has 0 aromatic carbocycles. The molecule has 0 unspecified atom stereocenters. The fraction of sp³-hybridized carbons (Fsp3) is 0.750. The summed E-state index contributed by atoms with van der Waals surface area (Å²) in [4.78, 5) is 28.8. The minimum atomic E-state index is -0.426. The molecule has 27 heavy (non-hydrogen) atoms. The van der Waals surface area contributed by atoms with Crippen molar-refractivity contribution in [2.45, 2.75) is 63.9 Å². The van der Waals surface area contributed by atoms with E-state index in [-0.39, 0.29) is 12.0 Å². The molecule has 1 saturated carbocycles. The Morgan fingerprint density at radius 1 is 1.33 bits per heavy atom. The monoisotopic (exact) mass is 374 g/mol. The molecule has 3 heterocycles. The van der Waals surface area contributed by atoms with E-state index >= 15 is 0 Å². The number of carbonyl (C=O) groups is 2. The van der Waals surface area contributed by atoms with Gasteiger partial charge in [-0.15, -0.1) is 0 Å². The number of aromatic nitrogens is 2. The van der Waals surface area contributed by atoms with E-state index in [1.54, 1.807) is 0 Å². The van der Waals surface area contributed by atoms with Crippen LogP contribution in [0.4, 0.5) is 4.79 Å². The molecule has 1 N–H and O–H groups in total. The van der Waals surface area contributed by atoms with Crippen molar-refractivity contribution in [3.8, 4) is 0 Å². The van der Waals surface area contributed by atoms with Crippen molar-refractivity contribution in [2.75, 3.05) is 26.2 Å². The zero-order chi connectivity index (χ0) is 19.0. The SMILES string of the molecule is CCC(CC)CN1CC2(CCN(C(=O)c3cc(C4CC4)[nH]n3)CC2)OC1=O. The number of piperidine rings is 1. The van der Waals surface area contributed by atoms with E-state index in [4.69, 9.17) is 4.74 Å². The fourth-order valence-electron chi connectivity index (χ4n) is 4.28. The van der Waals surface area contributed by atoms with E-state index in [9.17, 15) is 9.59 Å². The van der Waals surface area contributed by atoms with Crippen molar-refractivity contribution in [1.29, 1.82) is 0 Å². The number of hydrogen-bond acceptors (Lipinski definition) is 4. The quantitative estimate of drug-likeness (QED) is 0.830. The minimum Gasteiger partial charge on any atom is -0.441 e. The summed E-state index contributed by atoms with van der Waals surface area (Å²) in [7, 11) is 0. The number of hydrogen-bond donors (Lipinski definition) is 1. The average Bonchev–Trinajstić information content (AvgIpc) is 3.33. The maximum atomic E-state index is 12.7. The molecule has 0 radical (unpaired) electrons. The van der Waals surface area contributed by atoms with Crippen LogP contribution in [0.1, 0.15) is 74.5 Å². The van der Waals surface area contributed by atoms with Crippen LogP contribution < -0.4 is 0 Å². The molecule has 7 heteroatoms. The molecule has 0 bridgehead atoms. The number of carbonyl (C=O) groups excluding carboxylic acids is 2. The van der Waals surface area contributed by atoms with E-state index in [2.05, 4.69) is 24.0 Å². The van der Waals surface area contributed by atoms with E-state index in [1.165, 1.54) is 12.8 Å². The van der Waals surface area contributed by atoms with Gasteiger partial charge in [0.2, 0.25) is 0 Å². The Balaban J connectivity index is 1.34. The predicted molar refractivity (Wildman–Crippen MR) is 101 cm³/mol. The highest BCUT2D eigenvalue weighted by Gasteiger charge is 2.47. The second-order valence-corrected chi connectivity index (χ2v) is 8.39. The molecule has 2 amide bonds. The zero-order valence-corrected chi connectivity index (χ0v) is 16.4. The van der Waals surface area contributed by atoms with Crippen LogP contribution in [0, 0.1) is 5.92 Å². The molecule has 0 atom stereocenters. The number of likely N-dealkylation sites (tertiary alicyclic amines) is 1. The van der Waals surface area contributed by atoms with Gasteiger partial charge in [-0.1, -0.05) is 26.7 Å². The maximum Gasteiger partial charge on any atom is 0.410 e. The van der Waals surface area contributed by atoms with Gasteiger partial charge in [0.05, 0.1) is 6.54 Å². The third-order valence-corrected chi connectivity index (χ3v) is 6.47. The molecule has 7 nitrogen and oxygen atoms in total. The standard InChI is InChI=1S/C20H30N4O3/c1-3-14(4-2)12-24-13-20(27-19(24)26)7-9-23(10-8-20)18(25)17-11-16(21-22-17)15-5-6-15/h11,14-15H,3-10,12-13H2,1-2H3,(H,21,22). The molecule has 1 spiro atoms. The predicted octanol–water partition coefficient (Wildman–Crippen LogP) is 3.15. The summed E-state index contributed by atoms with van der Waals surface area (Å²) in [5.41, 5.74) is 1.16. The lowest BCUT2D eigenvalue weighted by molar-refractivity contribution is 0.00295. The molecule has 148 valence electrons. The minimum absolute atomic E-state index is 0.0220. The first-order valence-electron chi connectivity index (χ1n) is 10.4. The van der Waals surface area contributed by atoms with Gasteiger partial charge in [-0.05, 0) is 24.8 Å². The second-order valence-electron chi connectivity index (χ2n) is 8.39. The van der Waals surface area contributed by atoms with Crippen molar-refractivity contribution in [3.05, 3.63) is 17.5 Å². The molecular formula is C20H30N4O3. The summed E-state index contributed by atoms with van der Waals surface area (Å²) in [5.74, 6) is 1.06. The van der Waals surface area contributed by atoms with Crippen LogP contribution in [0.5, 0.6) is 0 Å². The Labute approximate surface area is 160 Å². The van der Waals surface area contributed by atoms with Gasteiger partial charge in [-0.3, -0.25) is 9.89 Å². The van der Waals surface area contributed by atoms with Gasteiger partial charge in [-0.25, -0.2) is 4.79 Å². The van der Waals surface area contributed by atoms with Crippen LogP contribution in [-0.2, 0) is 4.74 Å². The number of rotatable bonds is 6. The lowest BCUT2D eigenvalue weighted by Crippen LogP contribution is -2.49. The third kappa shape index (κ3) is 3.69. The zero-order valence-electron chi connectivity index (χ0n) is 16.4. The summed E-state index contributed by atoms with van der Waals surface area (Å²) < 4.78 is 5.80. The Hall–Kier alpha value is -2.05. The molecule has 2 aliphatic heterocycles. The third-order valence-electron chi connectivity index (χ3n) is 6.47. The Morgan fingerprint density at radius 3 is 2.67 bits per heavy atom. The molecule has 3 fully saturated rings. The van der Waals surface area contributed by atoms with Crippen molar-refractivity contribution in [2.24, 2.45) is 5.92 Å². The number of nitrogens with one attached hydrogen (secondary N) is 1. The van der Waals surface area contributed by atoms with Crippen LogP contribution in [0.25, 0.3) is 0 Å². The van der Waals surface area contributed by atoms with Gasteiger partial charge < -0.3 is 14.5 Å². The van der Waals surface area contributed by atoms with Crippen molar-refractivity contribution in [1.82, 2.24) is 20.0 Å². The molecule has 4 rings (SSSR count). The van der Waals surface area contributed by atoms with E-state index in [0.29, 0.717) is 50.0 Å². The van der Waals surface area contributed by atoms with Gasteiger partial charge in [0.25, 0.3) is 5.91 Å². The Kier molecular flexibility index (Phi) is 4.86. The van der Waals surface area contributed by atoms with Crippen molar-refractivity contribution in [3.63, 3.8) is 0 Å². The van der Waals surface area contributed by atoms with Gasteiger partial charge in [0.15, 0.2) is 0 Å². The second kappa shape index (κ2) is 7.17. The highest BCUT2D eigenvalue weighted by Crippen LogP contribution is 2.39. The highest BCUT2D eigenvalue weighted by molar-refractivity contribution is 5.92. The first-order chi connectivity index (χ1) is 13.0. The smallest absolute Gasteiger partial charge is 0.410 e. The molecule has 2 saturated heterocycles. The topological polar surface area (TPSA) is 78.5 Å². The first kappa shape index (κ1) is 18.3. The Bertz CT molecular complexity index is 700. The van der Waals surface area contributed by atoms with Crippen LogP contribution in [0.15, 0.2) is 6.07 Å². The lowest BCUT2D eigenvalue weighted by atomic mass is 9.90. The van der Waals surface area contributed by atoms with Gasteiger partial charge in [0, 0.05) is 44.1 Å². The Morgan fingerprint density at radius 2 is 2.04 bits per heavy atom. The van der Waals surface area contributed by atoms with Crippen LogP contribution >= 0.6 is 0 Å². The number of aromatic amines is 1. The van der Waals surface area contributed by atoms with Crippen LogP contribution in [0.3, 0.4) is 0 Å². The molecule has 1 aromatic rings. The summed E-state index contributed by atoms with van der Waals surface area (Å²) >= 11 is 0. The highest BCUT2D eigenvalue weighted by atomic mass is 16.6. The summed E-state index contributed by atoms with van der Waals surface area (Å²) in [5, 5.41) is 7.21. The molecule has 1 aromatic heterocycles. The normalized spacial score (nSPS) is 22.0. The van der Waals surface area contributed by atoms with Crippen LogP contribution in [0.2, 0.25) is 0 Å². The van der Waals surface area contributed by atoms with Gasteiger partial charge in [-0.2, -0.15) is 5.10 Å². The molecule has 3 aliphatic rings. The van der Waals surface area contributed by atoms with Crippen molar-refractivity contribution >= 4 is 12.0 Å². The number of nitrogens with zero attached hydrogens (tertiary/aromatic N) is 3. The van der Waals surface area contributed by atoms with Gasteiger partial charge in [0.1, 0.15) is 11.3 Å². The van der Waals surface area contributed by atoms with E-state index in [1.807, 2.05) is 15.9 Å². The summed E-state index contributed by atoms with van der Waals surface area (Å²) in [6, 6.07) is 1.90. The average molecular weight is 374 g/mol.